The first-order valence-corrected chi connectivity index (χ1v) is 10.9. The number of carbonyl (C=O) groups excluding carboxylic acids is 2. The Morgan fingerprint density at radius 2 is 1.75 bits per heavy atom. The molecule has 8 nitrogen and oxygen atoms in total. The smallest absolute Gasteiger partial charge is 0.267 e. The van der Waals surface area contributed by atoms with E-state index in [4.69, 9.17) is 11.6 Å². The van der Waals surface area contributed by atoms with Crippen LogP contribution in [0.4, 0.5) is 0 Å². The molecule has 0 aliphatic rings. The quantitative estimate of drug-likeness (QED) is 0.444. The van der Waals surface area contributed by atoms with Crippen molar-refractivity contribution < 1.29 is 9.59 Å². The highest BCUT2D eigenvalue weighted by molar-refractivity contribution is 7.13. The van der Waals surface area contributed by atoms with Gasteiger partial charge in [-0.05, 0) is 32.0 Å². The van der Waals surface area contributed by atoms with Crippen LogP contribution in [0.3, 0.4) is 0 Å². The second-order valence-corrected chi connectivity index (χ2v) is 8.49. The van der Waals surface area contributed by atoms with Crippen molar-refractivity contribution >= 4 is 45.5 Å². The molecule has 0 saturated heterocycles. The number of benzene rings is 2. The van der Waals surface area contributed by atoms with Crippen molar-refractivity contribution in [3.8, 4) is 10.6 Å². The molecule has 2 heterocycles. The van der Waals surface area contributed by atoms with E-state index in [1.54, 1.807) is 61.7 Å². The van der Waals surface area contributed by atoms with Gasteiger partial charge >= 0.3 is 0 Å². The van der Waals surface area contributed by atoms with Gasteiger partial charge in [0.15, 0.2) is 5.69 Å². The molecule has 162 valence electrons. The number of hydrazine groups is 1. The molecule has 10 heteroatoms. The van der Waals surface area contributed by atoms with Crippen LogP contribution < -0.4 is 16.4 Å². The van der Waals surface area contributed by atoms with Crippen LogP contribution in [-0.4, -0.2) is 26.6 Å². The number of amides is 2. The molecular formula is C22H18ClN5O3S. The summed E-state index contributed by atoms with van der Waals surface area (Å²) in [5.41, 5.74) is 5.40. The van der Waals surface area contributed by atoms with Gasteiger partial charge < -0.3 is 0 Å². The molecule has 0 aliphatic heterocycles. The van der Waals surface area contributed by atoms with Crippen molar-refractivity contribution in [3.05, 3.63) is 80.7 Å². The molecule has 2 N–H and O–H groups in total. The normalized spacial score (nSPS) is 11.0. The molecule has 2 aromatic heterocycles. The Morgan fingerprint density at radius 3 is 2.47 bits per heavy atom. The predicted octanol–water partition coefficient (Wildman–Crippen LogP) is 3.83. The maximum atomic E-state index is 12.8. The third-order valence-corrected chi connectivity index (χ3v) is 5.76. The maximum Gasteiger partial charge on any atom is 0.290 e. The average molecular weight is 468 g/mol. The fraction of sp³-hybridized carbons (Fsp3) is 0.136. The Balaban J connectivity index is 1.54. The summed E-state index contributed by atoms with van der Waals surface area (Å²) in [5, 5.41) is 7.77. The Kier molecular flexibility index (Phi) is 6.02. The molecule has 0 unspecified atom stereocenters. The summed E-state index contributed by atoms with van der Waals surface area (Å²) >= 11 is 7.30. The summed E-state index contributed by atoms with van der Waals surface area (Å²) in [6.07, 6.45) is 0. The van der Waals surface area contributed by atoms with Gasteiger partial charge in [0, 0.05) is 21.4 Å². The lowest BCUT2D eigenvalue weighted by Crippen LogP contribution is -2.43. The van der Waals surface area contributed by atoms with Crippen LogP contribution in [0.25, 0.3) is 21.3 Å². The van der Waals surface area contributed by atoms with Crippen LogP contribution in [0.5, 0.6) is 0 Å². The molecule has 0 radical (unpaired) electrons. The van der Waals surface area contributed by atoms with Crippen LogP contribution >= 0.6 is 22.9 Å². The van der Waals surface area contributed by atoms with Crippen molar-refractivity contribution in [2.24, 2.45) is 0 Å². The highest BCUT2D eigenvalue weighted by atomic mass is 35.5. The second-order valence-electron chi connectivity index (χ2n) is 7.19. The number of halogens is 1. The van der Waals surface area contributed by atoms with E-state index in [9.17, 15) is 14.4 Å². The SMILES string of the molecule is CC(C)n1nc(C(=O)NNC(=O)c2csc(-c3cccc(Cl)c3)n2)c2ccccc2c1=O. The van der Waals surface area contributed by atoms with Gasteiger partial charge in [0.1, 0.15) is 10.7 Å². The van der Waals surface area contributed by atoms with Crippen LogP contribution in [0, 0.1) is 0 Å². The van der Waals surface area contributed by atoms with Gasteiger partial charge in [-0.25, -0.2) is 9.67 Å². The van der Waals surface area contributed by atoms with Gasteiger partial charge in [0.2, 0.25) is 0 Å². The maximum absolute atomic E-state index is 12.8. The lowest BCUT2D eigenvalue weighted by molar-refractivity contribution is 0.0841. The van der Waals surface area contributed by atoms with Gasteiger partial charge in [-0.2, -0.15) is 5.10 Å². The van der Waals surface area contributed by atoms with Crippen molar-refractivity contribution in [2.75, 3.05) is 0 Å². The lowest BCUT2D eigenvalue weighted by Gasteiger charge is -2.13. The molecule has 4 aromatic rings. The Morgan fingerprint density at radius 1 is 1.03 bits per heavy atom. The summed E-state index contributed by atoms with van der Waals surface area (Å²) in [6.45, 7) is 3.60. The molecule has 0 spiro atoms. The Labute approximate surface area is 191 Å². The molecule has 2 aromatic carbocycles. The molecule has 0 atom stereocenters. The molecule has 2 amide bonds. The third-order valence-electron chi connectivity index (χ3n) is 4.63. The molecule has 0 bridgehead atoms. The summed E-state index contributed by atoms with van der Waals surface area (Å²) in [7, 11) is 0. The number of hydrogen-bond donors (Lipinski definition) is 2. The van der Waals surface area contributed by atoms with E-state index in [-0.39, 0.29) is 23.0 Å². The first-order chi connectivity index (χ1) is 15.3. The topological polar surface area (TPSA) is 106 Å². The molecule has 4 rings (SSSR count). The highest BCUT2D eigenvalue weighted by Gasteiger charge is 2.19. The van der Waals surface area contributed by atoms with Crippen molar-refractivity contribution in [1.82, 2.24) is 25.6 Å². The van der Waals surface area contributed by atoms with Gasteiger partial charge in [-0.15, -0.1) is 11.3 Å². The van der Waals surface area contributed by atoms with Gasteiger partial charge in [0.25, 0.3) is 17.4 Å². The Bertz CT molecular complexity index is 1400. The minimum absolute atomic E-state index is 0.0343. The summed E-state index contributed by atoms with van der Waals surface area (Å²) in [6, 6.07) is 13.6. The molecule has 0 saturated carbocycles. The molecule has 0 fully saturated rings. The van der Waals surface area contributed by atoms with E-state index < -0.39 is 11.8 Å². The van der Waals surface area contributed by atoms with Gasteiger partial charge in [0.05, 0.1) is 11.4 Å². The van der Waals surface area contributed by atoms with E-state index in [1.165, 1.54) is 16.0 Å². The van der Waals surface area contributed by atoms with Crippen LogP contribution in [0.15, 0.2) is 58.7 Å². The van der Waals surface area contributed by atoms with Crippen LogP contribution in [0.2, 0.25) is 5.02 Å². The number of nitrogens with zero attached hydrogens (tertiary/aromatic N) is 3. The lowest BCUT2D eigenvalue weighted by atomic mass is 10.1. The van der Waals surface area contributed by atoms with Crippen molar-refractivity contribution in [1.29, 1.82) is 0 Å². The van der Waals surface area contributed by atoms with Crippen molar-refractivity contribution in [2.45, 2.75) is 19.9 Å². The van der Waals surface area contributed by atoms with Crippen molar-refractivity contribution in [3.63, 3.8) is 0 Å². The molecular weight excluding hydrogens is 450 g/mol. The standard InChI is InChI=1S/C22H18ClN5O3S/c1-12(2)28-22(31)16-9-4-3-8-15(16)18(27-28)20(30)26-25-19(29)17-11-32-21(24-17)13-6-5-7-14(23)10-13/h3-12H,1-2H3,(H,25,29)(H,26,30). The largest absolute Gasteiger partial charge is 0.290 e. The van der Waals surface area contributed by atoms with E-state index in [1.807, 2.05) is 6.07 Å². The average Bonchev–Trinajstić information content (AvgIpc) is 3.28. The van der Waals surface area contributed by atoms with Crippen LogP contribution in [0.1, 0.15) is 40.9 Å². The monoisotopic (exact) mass is 467 g/mol. The fourth-order valence-electron chi connectivity index (χ4n) is 3.09. The van der Waals surface area contributed by atoms with Gasteiger partial charge in [-0.3, -0.25) is 25.2 Å². The van der Waals surface area contributed by atoms with E-state index >= 15 is 0 Å². The molecule has 32 heavy (non-hydrogen) atoms. The second kappa shape index (κ2) is 8.89. The van der Waals surface area contributed by atoms with Gasteiger partial charge in [-0.1, -0.05) is 41.9 Å². The van der Waals surface area contributed by atoms with E-state index in [0.29, 0.717) is 20.8 Å². The predicted molar refractivity (Wildman–Crippen MR) is 124 cm³/mol. The number of nitrogens with one attached hydrogen (secondary N) is 2. The van der Waals surface area contributed by atoms with Crippen LogP contribution in [-0.2, 0) is 0 Å². The van der Waals surface area contributed by atoms with E-state index in [0.717, 1.165) is 5.56 Å². The minimum atomic E-state index is -0.644. The zero-order chi connectivity index (χ0) is 22.8. The first kappa shape index (κ1) is 21.7. The van der Waals surface area contributed by atoms with E-state index in [2.05, 4.69) is 20.9 Å². The summed E-state index contributed by atoms with van der Waals surface area (Å²) in [5.74, 6) is -1.22. The third kappa shape index (κ3) is 4.25. The number of aromatic nitrogens is 3. The summed E-state index contributed by atoms with van der Waals surface area (Å²) in [4.78, 5) is 42.2. The number of hydrogen-bond acceptors (Lipinski definition) is 6. The highest BCUT2D eigenvalue weighted by Crippen LogP contribution is 2.26. The fourth-order valence-corrected chi connectivity index (χ4v) is 4.08. The number of fused-ring (bicyclic) bond motifs is 1. The minimum Gasteiger partial charge on any atom is -0.267 e. The first-order valence-electron chi connectivity index (χ1n) is 9.69. The number of thiazole rings is 1. The molecule has 0 aliphatic carbocycles. The number of carbonyl (C=O) groups is 2. The number of rotatable bonds is 4. The zero-order valence-corrected chi connectivity index (χ0v) is 18.7. The summed E-state index contributed by atoms with van der Waals surface area (Å²) < 4.78 is 1.25. The zero-order valence-electron chi connectivity index (χ0n) is 17.1. The Hall–Kier alpha value is -3.56.